The van der Waals surface area contributed by atoms with E-state index in [1.54, 1.807) is 0 Å². The Morgan fingerprint density at radius 2 is 0.581 bits per heavy atom. The van der Waals surface area contributed by atoms with Crippen LogP contribution in [-0.2, 0) is 0 Å². The Labute approximate surface area is 441 Å². The molecule has 0 radical (unpaired) electrons. The highest BCUT2D eigenvalue weighted by molar-refractivity contribution is 6.40. The molecule has 10 aromatic carbocycles. The number of fused-ring (bicyclic) bond motifs is 11. The highest BCUT2D eigenvalue weighted by Crippen LogP contribution is 2.50. The Morgan fingerprint density at radius 1 is 0.297 bits per heavy atom. The molecule has 2 aliphatic rings. The lowest BCUT2D eigenvalue weighted by Crippen LogP contribution is -2.10. The first-order chi connectivity index (χ1) is 36.1. The molecule has 0 heterocycles. The van der Waals surface area contributed by atoms with Gasteiger partial charge in [-0.1, -0.05) is 183 Å². The van der Waals surface area contributed by atoms with E-state index in [0.29, 0.717) is 29.6 Å². The van der Waals surface area contributed by atoms with E-state index < -0.39 is 0 Å². The van der Waals surface area contributed by atoms with Crippen LogP contribution in [0.15, 0.2) is 170 Å². The molecule has 12 rings (SSSR count). The summed E-state index contributed by atoms with van der Waals surface area (Å²) in [5, 5.41) is 13.4. The van der Waals surface area contributed by atoms with Crippen LogP contribution in [0.2, 0.25) is 0 Å². The SMILES string of the molecule is Cc1ccc(N(c2ccc(C(C)C)cc2)c2ccc3c(c2)c2cc(C4CCCCC4)ccc2c2c4ccc(N(c5ccc(C(C)C)cc5)c5ccc(C(C)C)cc5)cc4c4cc(C5CCCCC5)ccc4c32)cc1. The van der Waals surface area contributed by atoms with Crippen molar-refractivity contribution >= 4 is 88.0 Å². The van der Waals surface area contributed by atoms with Gasteiger partial charge in [0.25, 0.3) is 0 Å². The van der Waals surface area contributed by atoms with Crippen molar-refractivity contribution in [3.63, 3.8) is 0 Å². The summed E-state index contributed by atoms with van der Waals surface area (Å²) in [4.78, 5) is 4.96. The smallest absolute Gasteiger partial charge is 0.0468 e. The van der Waals surface area contributed by atoms with Gasteiger partial charge in [-0.15, -0.1) is 0 Å². The quantitative estimate of drug-likeness (QED) is 0.119. The van der Waals surface area contributed by atoms with Gasteiger partial charge in [0.15, 0.2) is 0 Å². The fourth-order valence-electron chi connectivity index (χ4n) is 13.1. The van der Waals surface area contributed by atoms with Crippen molar-refractivity contribution in [1.29, 1.82) is 0 Å². The van der Waals surface area contributed by atoms with Gasteiger partial charge in [-0.3, -0.25) is 0 Å². The lowest BCUT2D eigenvalue weighted by molar-refractivity contribution is 0.444. The molecule has 372 valence electrons. The van der Waals surface area contributed by atoms with Gasteiger partial charge in [-0.25, -0.2) is 0 Å². The van der Waals surface area contributed by atoms with Crippen molar-refractivity contribution in [3.8, 4) is 0 Å². The van der Waals surface area contributed by atoms with Crippen LogP contribution in [0, 0.1) is 6.92 Å². The maximum atomic E-state index is 2.62. The minimum absolute atomic E-state index is 0.465. The lowest BCUT2D eigenvalue weighted by atomic mass is 9.80. The summed E-state index contributed by atoms with van der Waals surface area (Å²) >= 11 is 0. The first kappa shape index (κ1) is 48.1. The monoisotopic (exact) mass is 967 g/mol. The average Bonchev–Trinajstić information content (AvgIpc) is 3.44. The molecule has 0 atom stereocenters. The highest BCUT2D eigenvalue weighted by Gasteiger charge is 2.25. The number of rotatable bonds is 11. The van der Waals surface area contributed by atoms with E-state index >= 15 is 0 Å². The fraction of sp³-hybridized carbons (Fsp3) is 0.306. The first-order valence-corrected chi connectivity index (χ1v) is 28.4. The maximum Gasteiger partial charge on any atom is 0.0468 e. The second-order valence-electron chi connectivity index (χ2n) is 23.2. The zero-order valence-electron chi connectivity index (χ0n) is 45.0. The molecule has 0 aromatic heterocycles. The molecule has 0 amide bonds. The van der Waals surface area contributed by atoms with Crippen molar-refractivity contribution < 1.29 is 0 Å². The first-order valence-electron chi connectivity index (χ1n) is 28.4. The van der Waals surface area contributed by atoms with E-state index in [1.807, 2.05) is 0 Å². The molecule has 2 nitrogen and oxygen atoms in total. The Hall–Kier alpha value is -6.90. The summed E-state index contributed by atoms with van der Waals surface area (Å²) in [6.45, 7) is 15.9. The summed E-state index contributed by atoms with van der Waals surface area (Å²) in [5.74, 6) is 2.58. The predicted octanol–water partition coefficient (Wildman–Crippen LogP) is 22.2. The second kappa shape index (κ2) is 20.1. The molecule has 2 fully saturated rings. The molecule has 2 saturated carbocycles. The van der Waals surface area contributed by atoms with Gasteiger partial charge in [0.2, 0.25) is 0 Å². The molecule has 0 unspecified atom stereocenters. The average molecular weight is 967 g/mol. The van der Waals surface area contributed by atoms with Crippen LogP contribution < -0.4 is 9.80 Å². The summed E-state index contributed by atoms with van der Waals surface area (Å²) in [6.07, 6.45) is 13.0. The number of anilines is 6. The number of hydrogen-bond acceptors (Lipinski definition) is 2. The standard InChI is InChI=1S/C72H74N2/c1-46(2)50-20-30-58(31-21-50)73(57-28-18-49(7)19-29-57)61-36-40-65-69(44-61)67-42-55(53-14-10-8-11-15-53)26-38-63(67)72-66-41-37-62(45-70(66)68-43-56(27-39-64(68)71(65)72)54-16-12-9-13-17-54)74(59-32-22-51(23-33-59)47(3)4)60-34-24-52(25-35-60)48(5)6/h18-48,53-54H,8-17H2,1-7H3. The van der Waals surface area contributed by atoms with E-state index in [9.17, 15) is 0 Å². The van der Waals surface area contributed by atoms with Gasteiger partial charge in [0.1, 0.15) is 0 Å². The second-order valence-corrected chi connectivity index (χ2v) is 23.2. The minimum Gasteiger partial charge on any atom is -0.310 e. The number of nitrogens with zero attached hydrogens (tertiary/aromatic N) is 2. The van der Waals surface area contributed by atoms with Gasteiger partial charge >= 0.3 is 0 Å². The largest absolute Gasteiger partial charge is 0.310 e. The van der Waals surface area contributed by atoms with E-state index in [0.717, 1.165) is 0 Å². The molecule has 2 heteroatoms. The highest BCUT2D eigenvalue weighted by atomic mass is 15.1. The van der Waals surface area contributed by atoms with Crippen molar-refractivity contribution in [2.45, 2.75) is 142 Å². The van der Waals surface area contributed by atoms with Crippen LogP contribution in [0.1, 0.15) is 169 Å². The lowest BCUT2D eigenvalue weighted by Gasteiger charge is -2.28. The molecular formula is C72H74N2. The normalized spacial score (nSPS) is 14.9. The van der Waals surface area contributed by atoms with Crippen LogP contribution in [-0.4, -0.2) is 0 Å². The third-order valence-corrected chi connectivity index (χ3v) is 17.4. The molecule has 2 aliphatic carbocycles. The number of aryl methyl sites for hydroxylation is 1. The van der Waals surface area contributed by atoms with Gasteiger partial charge < -0.3 is 9.80 Å². The summed E-state index contributed by atoms with van der Waals surface area (Å²) in [6, 6.07) is 67.0. The van der Waals surface area contributed by atoms with Crippen LogP contribution in [0.4, 0.5) is 34.1 Å². The maximum absolute atomic E-state index is 2.62. The predicted molar refractivity (Wildman–Crippen MR) is 322 cm³/mol. The van der Waals surface area contributed by atoms with Crippen LogP contribution in [0.3, 0.4) is 0 Å². The molecule has 0 bridgehead atoms. The van der Waals surface area contributed by atoms with E-state index in [-0.39, 0.29) is 0 Å². The fourth-order valence-corrected chi connectivity index (χ4v) is 13.1. The molecule has 10 aromatic rings. The summed E-state index contributed by atoms with van der Waals surface area (Å²) in [5.41, 5.74) is 15.4. The van der Waals surface area contributed by atoms with Crippen LogP contribution in [0.5, 0.6) is 0 Å². The van der Waals surface area contributed by atoms with Crippen molar-refractivity contribution in [1.82, 2.24) is 0 Å². The van der Waals surface area contributed by atoms with Crippen LogP contribution in [0.25, 0.3) is 53.9 Å². The van der Waals surface area contributed by atoms with Crippen molar-refractivity contribution in [3.05, 3.63) is 203 Å². The van der Waals surface area contributed by atoms with Crippen LogP contribution >= 0.6 is 0 Å². The molecule has 74 heavy (non-hydrogen) atoms. The van der Waals surface area contributed by atoms with E-state index in [2.05, 4.69) is 228 Å². The Balaban J connectivity index is 1.15. The van der Waals surface area contributed by atoms with E-state index in [4.69, 9.17) is 0 Å². The zero-order valence-corrected chi connectivity index (χ0v) is 45.0. The Morgan fingerprint density at radius 3 is 0.905 bits per heavy atom. The van der Waals surface area contributed by atoms with Gasteiger partial charge in [-0.05, 0) is 217 Å². The zero-order chi connectivity index (χ0) is 50.6. The van der Waals surface area contributed by atoms with Gasteiger partial charge in [-0.2, -0.15) is 0 Å². The van der Waals surface area contributed by atoms with E-state index in [1.165, 1.54) is 186 Å². The molecule has 0 N–H and O–H groups in total. The number of hydrogen-bond donors (Lipinski definition) is 0. The topological polar surface area (TPSA) is 6.48 Å². The minimum atomic E-state index is 0.465. The molecule has 0 spiro atoms. The van der Waals surface area contributed by atoms with Crippen molar-refractivity contribution in [2.75, 3.05) is 9.80 Å². The molecule has 0 aliphatic heterocycles. The summed E-state index contributed by atoms with van der Waals surface area (Å²) < 4.78 is 0. The number of benzene rings is 10. The Kier molecular flexibility index (Phi) is 13.0. The third-order valence-electron chi connectivity index (χ3n) is 17.4. The summed E-state index contributed by atoms with van der Waals surface area (Å²) in [7, 11) is 0. The van der Waals surface area contributed by atoms with Gasteiger partial charge in [0, 0.05) is 34.1 Å². The molecule has 0 saturated heterocycles. The van der Waals surface area contributed by atoms with Crippen molar-refractivity contribution in [2.24, 2.45) is 0 Å². The van der Waals surface area contributed by atoms with Gasteiger partial charge in [0.05, 0.1) is 0 Å². The molecular weight excluding hydrogens is 893 g/mol. The third kappa shape index (κ3) is 8.93. The Bertz CT molecular complexity index is 3590.